The van der Waals surface area contributed by atoms with Gasteiger partial charge in [0.2, 0.25) is 17.7 Å². The number of rotatable bonds is 16. The Balaban J connectivity index is 0.755. The number of nitrogens with zero attached hydrogens (tertiary/aromatic N) is 6. The van der Waals surface area contributed by atoms with E-state index in [9.17, 15) is 29.5 Å². The first kappa shape index (κ1) is 54.5. The highest BCUT2D eigenvalue weighted by Gasteiger charge is 2.64. The molecule has 5 aliphatic rings. The van der Waals surface area contributed by atoms with Gasteiger partial charge in [-0.1, -0.05) is 96.5 Å². The van der Waals surface area contributed by atoms with Crippen LogP contribution in [0.3, 0.4) is 0 Å². The van der Waals surface area contributed by atoms with Gasteiger partial charge in [0.1, 0.15) is 35.8 Å². The van der Waals surface area contributed by atoms with Crippen LogP contribution in [0.1, 0.15) is 121 Å². The van der Waals surface area contributed by atoms with Gasteiger partial charge in [-0.25, -0.2) is 4.98 Å². The van der Waals surface area contributed by atoms with Gasteiger partial charge >= 0.3 is 0 Å². The summed E-state index contributed by atoms with van der Waals surface area (Å²) in [5, 5.41) is 29.7. The minimum atomic E-state index is -0.889. The summed E-state index contributed by atoms with van der Waals surface area (Å²) in [5.74, 6) is 0.849. The third kappa shape index (κ3) is 12.0. The standard InChI is InChI=1S/C58H76ClN9O6/c1-36-11-10-12-45(36)40-15-13-39(14-16-40)37(2)62-52(72)47-29-43(69)34-68(47)53(73)50(56(3,4)5)63-49(70)35-66-27-25-65(26-28-66)23-21-38-22-24-67(33-38)48-20-18-42(32-61-48)51(71)64-54-57(6,7)55(58(54,8)9)74-44-19-17-41(31-60)46(59)30-44/h10-11,13-20,30,32,37-38,43,47,50,54-55,69H,12,21-29,33-35H2,1-9H3,(H,62,72)(H,63,70)(H,64,71)/t37-,38?,43+,47-,50+,54?,55?/m0/s1. The zero-order valence-electron chi connectivity index (χ0n) is 44.7. The second kappa shape index (κ2) is 22.2. The molecule has 16 heteroatoms. The molecule has 4 heterocycles. The Morgan fingerprint density at radius 1 is 0.946 bits per heavy atom. The Morgan fingerprint density at radius 2 is 1.65 bits per heavy atom. The number of pyridine rings is 1. The van der Waals surface area contributed by atoms with Gasteiger partial charge in [0.25, 0.3) is 5.91 Å². The smallest absolute Gasteiger partial charge is 0.253 e. The number of carbonyl (C=O) groups is 4. The number of hydrogen-bond donors (Lipinski definition) is 4. The number of ether oxygens (including phenoxy) is 1. The number of hydrogen-bond acceptors (Lipinski definition) is 11. The van der Waals surface area contributed by atoms with Gasteiger partial charge in [-0.15, -0.1) is 0 Å². The van der Waals surface area contributed by atoms with Gasteiger partial charge in [0.05, 0.1) is 34.8 Å². The van der Waals surface area contributed by atoms with Crippen LogP contribution >= 0.6 is 11.6 Å². The van der Waals surface area contributed by atoms with Gasteiger partial charge in [-0.3, -0.25) is 24.1 Å². The number of aliphatic hydroxyl groups excluding tert-OH is 1. The van der Waals surface area contributed by atoms with Crippen molar-refractivity contribution in [1.29, 1.82) is 5.26 Å². The molecule has 3 aromatic rings. The van der Waals surface area contributed by atoms with Crippen LogP contribution in [0.25, 0.3) is 5.57 Å². The topological polar surface area (TPSA) is 183 Å². The summed E-state index contributed by atoms with van der Waals surface area (Å²) in [5.41, 5.74) is 4.15. The number of allylic oxidation sites excluding steroid dienone is 4. The van der Waals surface area contributed by atoms with E-state index in [1.165, 1.54) is 16.0 Å². The third-order valence-corrected chi connectivity index (χ3v) is 16.6. The quantitative estimate of drug-likeness (QED) is 0.114. The normalized spacial score (nSPS) is 24.5. The number of aliphatic hydroxyl groups is 1. The molecule has 1 saturated carbocycles. The van der Waals surface area contributed by atoms with Crippen molar-refractivity contribution in [2.75, 3.05) is 63.8 Å². The first-order valence-corrected chi connectivity index (χ1v) is 26.8. The maximum absolute atomic E-state index is 14.3. The highest BCUT2D eigenvalue weighted by molar-refractivity contribution is 6.31. The monoisotopic (exact) mass is 1030 g/mol. The maximum Gasteiger partial charge on any atom is 0.253 e. The van der Waals surface area contributed by atoms with E-state index < -0.39 is 23.6 Å². The van der Waals surface area contributed by atoms with E-state index in [4.69, 9.17) is 21.3 Å². The Hall–Kier alpha value is -5.79. The summed E-state index contributed by atoms with van der Waals surface area (Å²) >= 11 is 6.27. The Morgan fingerprint density at radius 3 is 2.27 bits per heavy atom. The van der Waals surface area contributed by atoms with Gasteiger partial charge in [-0.05, 0) is 97.5 Å². The van der Waals surface area contributed by atoms with E-state index in [2.05, 4.69) is 95.6 Å². The molecule has 4 amide bonds. The Labute approximate surface area is 442 Å². The van der Waals surface area contributed by atoms with Crippen molar-refractivity contribution in [3.63, 3.8) is 0 Å². The number of piperazine rings is 1. The van der Waals surface area contributed by atoms with Crippen LogP contribution in [0.2, 0.25) is 5.02 Å². The van der Waals surface area contributed by atoms with Crippen LogP contribution in [-0.2, 0) is 14.4 Å². The zero-order valence-corrected chi connectivity index (χ0v) is 45.5. The van der Waals surface area contributed by atoms with Crippen LogP contribution in [0.15, 0.2) is 78.5 Å². The van der Waals surface area contributed by atoms with Crippen LogP contribution in [0, 0.1) is 33.5 Å². The van der Waals surface area contributed by atoms with Crippen LogP contribution in [0.5, 0.6) is 5.75 Å². The number of benzene rings is 2. The molecule has 2 aromatic carbocycles. The van der Waals surface area contributed by atoms with E-state index in [-0.39, 0.29) is 72.2 Å². The summed E-state index contributed by atoms with van der Waals surface area (Å²) in [6.45, 7) is 24.2. The molecule has 3 aliphatic heterocycles. The van der Waals surface area contributed by atoms with Crippen molar-refractivity contribution < 1.29 is 29.0 Å². The zero-order chi connectivity index (χ0) is 53.3. The number of nitriles is 1. The molecule has 4 N–H and O–H groups in total. The number of amides is 4. The summed E-state index contributed by atoms with van der Waals surface area (Å²) in [7, 11) is 0. The van der Waals surface area contributed by atoms with Gasteiger partial charge in [0, 0.05) is 81.4 Å². The molecule has 0 bridgehead atoms. The molecular weight excluding hydrogens is 954 g/mol. The Bertz CT molecular complexity index is 2650. The number of anilines is 1. The molecule has 5 atom stereocenters. The third-order valence-electron chi connectivity index (χ3n) is 16.3. The number of likely N-dealkylation sites (tertiary alicyclic amines) is 1. The molecule has 0 radical (unpaired) electrons. The van der Waals surface area contributed by atoms with Crippen molar-refractivity contribution in [3.05, 3.63) is 106 Å². The minimum Gasteiger partial charge on any atom is -0.489 e. The van der Waals surface area contributed by atoms with E-state index in [0.29, 0.717) is 27.8 Å². The summed E-state index contributed by atoms with van der Waals surface area (Å²) in [4.78, 5) is 68.3. The second-order valence-corrected chi connectivity index (χ2v) is 24.0. The van der Waals surface area contributed by atoms with Gasteiger partial charge < -0.3 is 40.5 Å². The number of nitrogens with one attached hydrogen (secondary N) is 3. The van der Waals surface area contributed by atoms with E-state index in [1.807, 2.05) is 52.0 Å². The fourth-order valence-corrected chi connectivity index (χ4v) is 12.4. The average molecular weight is 1030 g/mol. The fourth-order valence-electron chi connectivity index (χ4n) is 12.2. The lowest BCUT2D eigenvalue weighted by Gasteiger charge is -2.63. The van der Waals surface area contributed by atoms with Gasteiger partial charge in [0.15, 0.2) is 0 Å². The van der Waals surface area contributed by atoms with Crippen molar-refractivity contribution in [3.8, 4) is 11.8 Å². The molecule has 1 unspecified atom stereocenters. The molecule has 74 heavy (non-hydrogen) atoms. The molecule has 4 fully saturated rings. The average Bonchev–Trinajstić information content (AvgIpc) is 4.13. The number of aromatic nitrogens is 1. The lowest BCUT2D eigenvalue weighted by Crippen LogP contribution is -2.74. The number of β-amino-alcohol motifs (C(OH)–C–C–N with tert-alkyl or cyclic N) is 1. The predicted octanol–water partition coefficient (Wildman–Crippen LogP) is 7.16. The predicted molar refractivity (Wildman–Crippen MR) is 288 cm³/mol. The molecule has 1 aromatic heterocycles. The molecule has 396 valence electrons. The van der Waals surface area contributed by atoms with E-state index >= 15 is 0 Å². The van der Waals surface area contributed by atoms with Crippen LogP contribution in [0.4, 0.5) is 5.82 Å². The van der Waals surface area contributed by atoms with E-state index in [0.717, 1.165) is 82.0 Å². The molecule has 0 spiro atoms. The first-order chi connectivity index (χ1) is 35.0. The van der Waals surface area contributed by atoms with Crippen molar-refractivity contribution in [1.82, 2.24) is 35.6 Å². The molecule has 2 aliphatic carbocycles. The number of halogens is 1. The van der Waals surface area contributed by atoms with Crippen LogP contribution in [-0.4, -0.2) is 138 Å². The second-order valence-electron chi connectivity index (χ2n) is 23.6. The first-order valence-electron chi connectivity index (χ1n) is 26.4. The van der Waals surface area contributed by atoms with E-state index in [1.54, 1.807) is 24.4 Å². The molecule has 8 rings (SSSR count). The largest absolute Gasteiger partial charge is 0.489 e. The highest BCUT2D eigenvalue weighted by atomic mass is 35.5. The summed E-state index contributed by atoms with van der Waals surface area (Å²) < 4.78 is 6.39. The SMILES string of the molecule is CC1=C(c2ccc([C@H](C)NC(=O)[C@@H]3C[C@@H](O)CN3C(=O)[C@@H](NC(=O)CN3CCN(CCC4CCN(c5ccc(C(=O)NC6C(C)(C)C(Oc7ccc(C#N)c(Cl)c7)C6(C)C)cn5)C4)CC3)C(C)(C)C)cc2)CC=C1. The van der Waals surface area contributed by atoms with Crippen molar-refractivity contribution in [2.24, 2.45) is 22.2 Å². The lowest BCUT2D eigenvalue weighted by atomic mass is 9.49. The van der Waals surface area contributed by atoms with Gasteiger partial charge in [-0.2, -0.15) is 5.26 Å². The van der Waals surface area contributed by atoms with Crippen molar-refractivity contribution in [2.45, 2.75) is 124 Å². The molecule has 3 saturated heterocycles. The fraction of sp³-hybridized carbons (Fsp3) is 0.552. The summed E-state index contributed by atoms with van der Waals surface area (Å²) in [6.07, 6.45) is 8.06. The van der Waals surface area contributed by atoms with Crippen LogP contribution < -0.4 is 25.6 Å². The summed E-state index contributed by atoms with van der Waals surface area (Å²) in [6, 6.07) is 16.9. The Kier molecular flexibility index (Phi) is 16.3. The maximum atomic E-state index is 14.3. The molecular formula is C58H76ClN9O6. The van der Waals surface area contributed by atoms with Crippen molar-refractivity contribution >= 4 is 46.6 Å². The number of carbonyl (C=O) groups excluding carboxylic acids is 4. The molecule has 15 nitrogen and oxygen atoms in total. The minimum absolute atomic E-state index is 0.0220. The lowest BCUT2D eigenvalue weighted by molar-refractivity contribution is -0.164. The highest BCUT2D eigenvalue weighted by Crippen LogP contribution is 2.55.